The maximum atomic E-state index is 12.5. The quantitative estimate of drug-likeness (QED) is 0.726. The Labute approximate surface area is 154 Å². The number of nitrogens with one attached hydrogen (secondary N) is 2. The molecule has 0 aliphatic rings. The van der Waals surface area contributed by atoms with Crippen molar-refractivity contribution in [2.75, 3.05) is 19.7 Å². The first kappa shape index (κ1) is 20.3. The van der Waals surface area contributed by atoms with Crippen molar-refractivity contribution >= 4 is 11.8 Å². The minimum atomic E-state index is -4.46. The van der Waals surface area contributed by atoms with Gasteiger partial charge in [0.25, 0.3) is 5.91 Å². The number of ether oxygens (including phenoxy) is 1. The van der Waals surface area contributed by atoms with Crippen LogP contribution in [0.2, 0.25) is 0 Å². The zero-order valence-electron chi connectivity index (χ0n) is 14.6. The average molecular weight is 380 g/mol. The second kappa shape index (κ2) is 9.07. The van der Waals surface area contributed by atoms with Gasteiger partial charge in [-0.2, -0.15) is 13.2 Å². The lowest BCUT2D eigenvalue weighted by molar-refractivity contribution is -0.137. The van der Waals surface area contributed by atoms with Crippen LogP contribution in [0.4, 0.5) is 13.2 Å². The van der Waals surface area contributed by atoms with Crippen LogP contribution in [0.3, 0.4) is 0 Å². The molecule has 0 aromatic heterocycles. The predicted molar refractivity (Wildman–Crippen MR) is 93.5 cm³/mol. The van der Waals surface area contributed by atoms with E-state index >= 15 is 0 Å². The molecule has 2 rings (SSSR count). The fourth-order valence-corrected chi connectivity index (χ4v) is 2.13. The third-order valence-corrected chi connectivity index (χ3v) is 3.60. The number of carbonyl (C=O) groups excluding carboxylic acids is 2. The number of amides is 2. The molecule has 27 heavy (non-hydrogen) atoms. The maximum absolute atomic E-state index is 12.5. The number of benzene rings is 2. The molecule has 2 aromatic carbocycles. The largest absolute Gasteiger partial charge is 0.492 e. The van der Waals surface area contributed by atoms with Crippen LogP contribution in [0, 0.1) is 6.92 Å². The van der Waals surface area contributed by atoms with Gasteiger partial charge in [0.05, 0.1) is 18.7 Å². The molecule has 0 saturated carbocycles. The number of hydrogen-bond donors (Lipinski definition) is 2. The molecule has 0 heterocycles. The SMILES string of the molecule is Cc1ccc(OCCNC(=O)CNC(=O)c2ccc(C(F)(F)F)cc2)cc1. The number of aryl methyl sites for hydroxylation is 1. The van der Waals surface area contributed by atoms with Crippen molar-refractivity contribution in [3.05, 3.63) is 65.2 Å². The summed E-state index contributed by atoms with van der Waals surface area (Å²) in [5, 5.41) is 4.92. The molecule has 2 aromatic rings. The third kappa shape index (κ3) is 6.65. The van der Waals surface area contributed by atoms with Gasteiger partial charge in [0.1, 0.15) is 12.4 Å². The molecular weight excluding hydrogens is 361 g/mol. The van der Waals surface area contributed by atoms with Crippen LogP contribution in [0.1, 0.15) is 21.5 Å². The van der Waals surface area contributed by atoms with Gasteiger partial charge in [-0.3, -0.25) is 9.59 Å². The molecule has 8 heteroatoms. The number of halogens is 3. The number of hydrogen-bond acceptors (Lipinski definition) is 3. The summed E-state index contributed by atoms with van der Waals surface area (Å²) in [4.78, 5) is 23.5. The molecule has 0 radical (unpaired) electrons. The van der Waals surface area contributed by atoms with Gasteiger partial charge in [-0.1, -0.05) is 17.7 Å². The first-order chi connectivity index (χ1) is 12.8. The summed E-state index contributed by atoms with van der Waals surface area (Å²) in [5.74, 6) is -0.372. The second-order valence-electron chi connectivity index (χ2n) is 5.77. The Morgan fingerprint density at radius 3 is 2.19 bits per heavy atom. The van der Waals surface area contributed by atoms with Crippen LogP contribution in [0.25, 0.3) is 0 Å². The van der Waals surface area contributed by atoms with Crippen LogP contribution in [0.15, 0.2) is 48.5 Å². The van der Waals surface area contributed by atoms with Crippen molar-refractivity contribution in [2.24, 2.45) is 0 Å². The summed E-state index contributed by atoms with van der Waals surface area (Å²) in [6.45, 7) is 2.19. The van der Waals surface area contributed by atoms with E-state index in [1.54, 1.807) is 0 Å². The molecular formula is C19H19F3N2O3. The smallest absolute Gasteiger partial charge is 0.416 e. The zero-order valence-corrected chi connectivity index (χ0v) is 14.6. The van der Waals surface area contributed by atoms with Crippen LogP contribution >= 0.6 is 0 Å². The van der Waals surface area contributed by atoms with Gasteiger partial charge in [0, 0.05) is 5.56 Å². The first-order valence-corrected chi connectivity index (χ1v) is 8.17. The summed E-state index contributed by atoms with van der Waals surface area (Å²) < 4.78 is 42.9. The summed E-state index contributed by atoms with van der Waals surface area (Å²) in [7, 11) is 0. The van der Waals surface area contributed by atoms with Gasteiger partial charge in [0.15, 0.2) is 0 Å². The van der Waals surface area contributed by atoms with E-state index in [-0.39, 0.29) is 25.3 Å². The Kier molecular flexibility index (Phi) is 6.81. The highest BCUT2D eigenvalue weighted by Crippen LogP contribution is 2.29. The fourth-order valence-electron chi connectivity index (χ4n) is 2.13. The van der Waals surface area contributed by atoms with Gasteiger partial charge in [-0.15, -0.1) is 0 Å². The normalized spacial score (nSPS) is 11.0. The Bertz CT molecular complexity index is 772. The van der Waals surface area contributed by atoms with Crippen molar-refractivity contribution in [3.8, 4) is 5.75 Å². The molecule has 0 unspecified atom stereocenters. The van der Waals surface area contributed by atoms with E-state index in [2.05, 4.69) is 10.6 Å². The Balaban J connectivity index is 1.68. The minimum Gasteiger partial charge on any atom is -0.492 e. The van der Waals surface area contributed by atoms with Gasteiger partial charge < -0.3 is 15.4 Å². The molecule has 0 fully saturated rings. The van der Waals surface area contributed by atoms with Crippen LogP contribution in [-0.2, 0) is 11.0 Å². The zero-order chi connectivity index (χ0) is 19.9. The van der Waals surface area contributed by atoms with E-state index in [1.165, 1.54) is 0 Å². The Hall–Kier alpha value is -3.03. The van der Waals surface area contributed by atoms with Crippen LogP contribution in [0.5, 0.6) is 5.75 Å². The average Bonchev–Trinajstić information content (AvgIpc) is 2.64. The lowest BCUT2D eigenvalue weighted by Crippen LogP contribution is -2.38. The molecule has 5 nitrogen and oxygen atoms in total. The van der Waals surface area contributed by atoms with Gasteiger partial charge in [0.2, 0.25) is 5.91 Å². The molecule has 0 spiro atoms. The highest BCUT2D eigenvalue weighted by molar-refractivity contribution is 5.96. The summed E-state index contributed by atoms with van der Waals surface area (Å²) >= 11 is 0. The maximum Gasteiger partial charge on any atom is 0.416 e. The van der Waals surface area contributed by atoms with E-state index in [0.717, 1.165) is 29.8 Å². The number of carbonyl (C=O) groups is 2. The summed E-state index contributed by atoms with van der Waals surface area (Å²) in [6, 6.07) is 11.2. The van der Waals surface area contributed by atoms with Gasteiger partial charge in [-0.05, 0) is 43.3 Å². The molecule has 2 N–H and O–H groups in total. The molecule has 144 valence electrons. The van der Waals surface area contributed by atoms with Crippen molar-refractivity contribution in [1.29, 1.82) is 0 Å². The lowest BCUT2D eigenvalue weighted by Gasteiger charge is -2.10. The molecule has 0 saturated heterocycles. The lowest BCUT2D eigenvalue weighted by atomic mass is 10.1. The highest BCUT2D eigenvalue weighted by atomic mass is 19.4. The van der Waals surface area contributed by atoms with Crippen molar-refractivity contribution in [2.45, 2.75) is 13.1 Å². The van der Waals surface area contributed by atoms with E-state index in [4.69, 9.17) is 4.74 Å². The highest BCUT2D eigenvalue weighted by Gasteiger charge is 2.30. The van der Waals surface area contributed by atoms with Gasteiger partial charge >= 0.3 is 6.18 Å². The predicted octanol–water partition coefficient (Wildman–Crippen LogP) is 2.94. The second-order valence-corrected chi connectivity index (χ2v) is 5.77. The van der Waals surface area contributed by atoms with Crippen LogP contribution in [-0.4, -0.2) is 31.5 Å². The van der Waals surface area contributed by atoms with Gasteiger partial charge in [-0.25, -0.2) is 0 Å². The Morgan fingerprint density at radius 2 is 1.59 bits per heavy atom. The monoisotopic (exact) mass is 380 g/mol. The number of rotatable bonds is 7. The summed E-state index contributed by atoms with van der Waals surface area (Å²) in [5.41, 5.74) is 0.309. The molecule has 0 bridgehead atoms. The topological polar surface area (TPSA) is 67.4 Å². The molecule has 0 atom stereocenters. The van der Waals surface area contributed by atoms with Crippen molar-refractivity contribution < 1.29 is 27.5 Å². The van der Waals surface area contributed by atoms with E-state index in [0.29, 0.717) is 5.75 Å². The molecule has 2 amide bonds. The van der Waals surface area contributed by atoms with Crippen molar-refractivity contribution in [3.63, 3.8) is 0 Å². The van der Waals surface area contributed by atoms with Crippen molar-refractivity contribution in [1.82, 2.24) is 10.6 Å². The van der Waals surface area contributed by atoms with E-state index in [1.807, 2.05) is 31.2 Å². The number of alkyl halides is 3. The first-order valence-electron chi connectivity index (χ1n) is 8.17. The Morgan fingerprint density at radius 1 is 0.963 bits per heavy atom. The molecule has 0 aliphatic carbocycles. The fraction of sp³-hybridized carbons (Fsp3) is 0.263. The van der Waals surface area contributed by atoms with E-state index in [9.17, 15) is 22.8 Å². The third-order valence-electron chi connectivity index (χ3n) is 3.60. The standard InChI is InChI=1S/C19H19F3N2O3/c1-13-2-8-16(9-3-13)27-11-10-23-17(25)12-24-18(26)14-4-6-15(7-5-14)19(20,21)22/h2-9H,10-12H2,1H3,(H,23,25)(H,24,26). The van der Waals surface area contributed by atoms with Crippen LogP contribution < -0.4 is 15.4 Å². The van der Waals surface area contributed by atoms with E-state index < -0.39 is 23.6 Å². The molecule has 0 aliphatic heterocycles. The minimum absolute atomic E-state index is 0.0403. The summed E-state index contributed by atoms with van der Waals surface area (Å²) in [6.07, 6.45) is -4.46.